The Labute approximate surface area is 126 Å². The number of amides is 2. The number of benzene rings is 1. The molecule has 0 bridgehead atoms. The summed E-state index contributed by atoms with van der Waals surface area (Å²) in [6.07, 6.45) is 0.134. The van der Waals surface area contributed by atoms with Crippen LogP contribution in [0.1, 0.15) is 20.8 Å². The van der Waals surface area contributed by atoms with Crippen LogP contribution in [0.2, 0.25) is 0 Å². The number of hydrogen-bond donors (Lipinski definition) is 2. The lowest BCUT2D eigenvalue weighted by atomic mass is 10.1. The van der Waals surface area contributed by atoms with Crippen molar-refractivity contribution in [2.24, 2.45) is 0 Å². The largest absolute Gasteiger partial charge is 0.496 e. The van der Waals surface area contributed by atoms with Gasteiger partial charge in [-0.05, 0) is 24.4 Å². The first-order chi connectivity index (χ1) is 10.1. The molecule has 5 nitrogen and oxygen atoms in total. The third-order valence-corrected chi connectivity index (χ3v) is 3.72. The first-order valence-corrected chi connectivity index (χ1v) is 7.24. The average molecular weight is 304 g/mol. The average Bonchev–Trinajstić information content (AvgIpc) is 2.99. The second kappa shape index (κ2) is 6.90. The fraction of sp³-hybridized carbons (Fsp3) is 0.200. The molecule has 110 valence electrons. The number of carbonyl (C=O) groups is 2. The first kappa shape index (κ1) is 15.1. The summed E-state index contributed by atoms with van der Waals surface area (Å²) in [4.78, 5) is 24.1. The van der Waals surface area contributed by atoms with E-state index in [1.54, 1.807) is 24.6 Å². The molecule has 0 saturated heterocycles. The Morgan fingerprint density at radius 2 is 2.05 bits per heavy atom. The molecule has 21 heavy (non-hydrogen) atoms. The minimum absolute atomic E-state index is 0.134. The second-order valence-corrected chi connectivity index (χ2v) is 5.42. The van der Waals surface area contributed by atoms with Crippen molar-refractivity contribution in [2.45, 2.75) is 13.3 Å². The minimum Gasteiger partial charge on any atom is -0.496 e. The summed E-state index contributed by atoms with van der Waals surface area (Å²) < 4.78 is 5.22. The van der Waals surface area contributed by atoms with Gasteiger partial charge >= 0.3 is 0 Å². The van der Waals surface area contributed by atoms with Crippen LogP contribution in [-0.2, 0) is 11.2 Å². The molecule has 0 atom stereocenters. The fourth-order valence-corrected chi connectivity index (χ4v) is 2.48. The summed E-state index contributed by atoms with van der Waals surface area (Å²) >= 11 is 1.31. The number of thiophene rings is 1. The molecule has 2 rings (SSSR count). The molecule has 0 aliphatic heterocycles. The van der Waals surface area contributed by atoms with E-state index >= 15 is 0 Å². The van der Waals surface area contributed by atoms with Gasteiger partial charge in [0.25, 0.3) is 5.91 Å². The summed E-state index contributed by atoms with van der Waals surface area (Å²) in [5.41, 5.74) is 6.61. The van der Waals surface area contributed by atoms with E-state index in [2.05, 4.69) is 10.9 Å². The molecule has 0 saturated carbocycles. The Hall–Kier alpha value is -2.34. The van der Waals surface area contributed by atoms with Crippen LogP contribution in [0.5, 0.6) is 5.75 Å². The molecule has 0 fully saturated rings. The molecule has 2 aromatic rings. The third-order valence-electron chi connectivity index (χ3n) is 2.85. The number of ether oxygens (including phenoxy) is 1. The summed E-state index contributed by atoms with van der Waals surface area (Å²) in [5.74, 6) is 0.0266. The number of hydrazine groups is 1. The Bertz CT molecular complexity index is 638. The van der Waals surface area contributed by atoms with E-state index in [0.29, 0.717) is 10.6 Å². The molecule has 0 aliphatic carbocycles. The van der Waals surface area contributed by atoms with Crippen molar-refractivity contribution in [1.82, 2.24) is 10.9 Å². The molecule has 2 amide bonds. The number of aryl methyl sites for hydroxylation is 1. The first-order valence-electron chi connectivity index (χ1n) is 6.36. The van der Waals surface area contributed by atoms with Crippen molar-refractivity contribution in [3.63, 3.8) is 0 Å². The number of nitrogens with one attached hydrogen (secondary N) is 2. The summed E-state index contributed by atoms with van der Waals surface area (Å²) in [5, 5.41) is 1.80. The highest BCUT2D eigenvalue weighted by Crippen LogP contribution is 2.19. The van der Waals surface area contributed by atoms with Crippen LogP contribution in [0.15, 0.2) is 35.7 Å². The molecule has 0 aliphatic rings. The van der Waals surface area contributed by atoms with Gasteiger partial charge in [-0.2, -0.15) is 0 Å². The van der Waals surface area contributed by atoms with Crippen LogP contribution in [0.25, 0.3) is 0 Å². The number of rotatable bonds is 4. The highest BCUT2D eigenvalue weighted by molar-refractivity contribution is 7.12. The maximum absolute atomic E-state index is 11.9. The van der Waals surface area contributed by atoms with E-state index in [1.165, 1.54) is 11.3 Å². The molecule has 1 aromatic carbocycles. The maximum atomic E-state index is 11.9. The van der Waals surface area contributed by atoms with Gasteiger partial charge in [0, 0.05) is 5.56 Å². The molecule has 1 heterocycles. The Kier molecular flexibility index (Phi) is 4.94. The van der Waals surface area contributed by atoms with Gasteiger partial charge in [0.15, 0.2) is 0 Å². The predicted molar refractivity (Wildman–Crippen MR) is 81.4 cm³/mol. The van der Waals surface area contributed by atoms with Crippen molar-refractivity contribution in [2.75, 3.05) is 7.11 Å². The molecular weight excluding hydrogens is 288 g/mol. The molecule has 6 heteroatoms. The zero-order chi connectivity index (χ0) is 15.2. The SMILES string of the molecule is COc1ccc(C)cc1CC(=O)NNC(=O)c1cccs1. The third kappa shape index (κ3) is 4.06. The molecule has 1 aromatic heterocycles. The van der Waals surface area contributed by atoms with Crippen LogP contribution >= 0.6 is 11.3 Å². The highest BCUT2D eigenvalue weighted by atomic mass is 32.1. The van der Waals surface area contributed by atoms with Gasteiger partial charge in [-0.3, -0.25) is 20.4 Å². The summed E-state index contributed by atoms with van der Waals surface area (Å²) in [6, 6.07) is 9.09. The number of carbonyl (C=O) groups excluding carboxylic acids is 2. The van der Waals surface area contributed by atoms with Crippen LogP contribution in [0.3, 0.4) is 0 Å². The Balaban J connectivity index is 1.93. The van der Waals surface area contributed by atoms with Gasteiger partial charge in [0.1, 0.15) is 5.75 Å². The van der Waals surface area contributed by atoms with Gasteiger partial charge in [0.05, 0.1) is 18.4 Å². The van der Waals surface area contributed by atoms with Crippen molar-refractivity contribution in [3.8, 4) is 5.75 Å². The standard InChI is InChI=1S/C15H16N2O3S/c1-10-5-6-12(20-2)11(8-10)9-14(18)16-17-15(19)13-4-3-7-21-13/h3-8H,9H2,1-2H3,(H,16,18)(H,17,19). The molecule has 2 N–H and O–H groups in total. The molecule has 0 spiro atoms. The van der Waals surface area contributed by atoms with Crippen LogP contribution in [0.4, 0.5) is 0 Å². The van der Waals surface area contributed by atoms with Crippen LogP contribution < -0.4 is 15.6 Å². The maximum Gasteiger partial charge on any atom is 0.279 e. The summed E-state index contributed by atoms with van der Waals surface area (Å²) in [7, 11) is 1.56. The monoisotopic (exact) mass is 304 g/mol. The highest BCUT2D eigenvalue weighted by Gasteiger charge is 2.11. The Morgan fingerprint density at radius 3 is 2.71 bits per heavy atom. The van der Waals surface area contributed by atoms with Gasteiger partial charge in [-0.25, -0.2) is 0 Å². The van der Waals surface area contributed by atoms with E-state index < -0.39 is 0 Å². The van der Waals surface area contributed by atoms with E-state index in [4.69, 9.17) is 4.74 Å². The van der Waals surface area contributed by atoms with Crippen LogP contribution in [0, 0.1) is 6.92 Å². The summed E-state index contributed by atoms with van der Waals surface area (Å²) in [6.45, 7) is 1.94. The Morgan fingerprint density at radius 1 is 1.24 bits per heavy atom. The van der Waals surface area contributed by atoms with Crippen molar-refractivity contribution in [1.29, 1.82) is 0 Å². The second-order valence-electron chi connectivity index (χ2n) is 4.47. The lowest BCUT2D eigenvalue weighted by molar-refractivity contribution is -0.121. The molecule has 0 radical (unpaired) electrons. The van der Waals surface area contributed by atoms with Crippen molar-refractivity contribution < 1.29 is 14.3 Å². The predicted octanol–water partition coefficient (Wildman–Crippen LogP) is 2.07. The van der Waals surface area contributed by atoms with E-state index in [9.17, 15) is 9.59 Å². The van der Waals surface area contributed by atoms with E-state index in [-0.39, 0.29) is 18.2 Å². The lowest BCUT2D eigenvalue weighted by Gasteiger charge is -2.10. The van der Waals surface area contributed by atoms with E-state index in [0.717, 1.165) is 11.1 Å². The van der Waals surface area contributed by atoms with E-state index in [1.807, 2.05) is 25.1 Å². The van der Waals surface area contributed by atoms with Gasteiger partial charge in [-0.1, -0.05) is 23.8 Å². The lowest BCUT2D eigenvalue weighted by Crippen LogP contribution is -2.42. The normalized spacial score (nSPS) is 10.0. The van der Waals surface area contributed by atoms with Crippen molar-refractivity contribution in [3.05, 3.63) is 51.7 Å². The number of methoxy groups -OCH3 is 1. The number of hydrogen-bond acceptors (Lipinski definition) is 4. The smallest absolute Gasteiger partial charge is 0.279 e. The zero-order valence-corrected chi connectivity index (χ0v) is 12.6. The fourth-order valence-electron chi connectivity index (χ4n) is 1.86. The molecular formula is C15H16N2O3S. The van der Waals surface area contributed by atoms with Crippen molar-refractivity contribution >= 4 is 23.2 Å². The minimum atomic E-state index is -0.324. The molecule has 0 unspecified atom stereocenters. The topological polar surface area (TPSA) is 67.4 Å². The van der Waals surface area contributed by atoms with Gasteiger partial charge in [-0.15, -0.1) is 11.3 Å². The quantitative estimate of drug-likeness (QED) is 0.850. The van der Waals surface area contributed by atoms with Gasteiger partial charge in [0.2, 0.25) is 5.91 Å². The zero-order valence-electron chi connectivity index (χ0n) is 11.8. The van der Waals surface area contributed by atoms with Gasteiger partial charge < -0.3 is 4.74 Å². The van der Waals surface area contributed by atoms with Crippen LogP contribution in [-0.4, -0.2) is 18.9 Å².